The SMILES string of the molecule is COc1ccc([C@H]2[C@@H](C(=O)C(C)(C)C)N3c4ccc(Cl)cc4C=C[C@@H]3C23C(=O)c2ccccc2C3=O)cc1OC. The second-order valence-electron chi connectivity index (χ2n) is 11.6. The van der Waals surface area contributed by atoms with Crippen molar-refractivity contribution in [2.75, 3.05) is 19.1 Å². The predicted octanol–water partition coefficient (Wildman–Crippen LogP) is 6.41. The number of carbonyl (C=O) groups is 3. The van der Waals surface area contributed by atoms with Gasteiger partial charge in [-0.3, -0.25) is 14.4 Å². The standard InChI is InChI=1S/C33H30ClNO5/c1-32(2,3)31(38)28-27(19-10-14-24(39-4)25(17-19)40-5)33(29(36)21-8-6-7-9-22(21)30(33)37)26-15-11-18-16-20(34)12-13-23(18)35(26)28/h6-17,26-28H,1-5H3/t26-,27+,28+/m1/s1. The molecule has 0 bridgehead atoms. The van der Waals surface area contributed by atoms with Crippen molar-refractivity contribution in [1.29, 1.82) is 0 Å². The van der Waals surface area contributed by atoms with Gasteiger partial charge in [0.05, 0.1) is 26.3 Å². The van der Waals surface area contributed by atoms with Crippen LogP contribution in [0.1, 0.15) is 58.5 Å². The number of fused-ring (bicyclic) bond motifs is 5. The van der Waals surface area contributed by atoms with E-state index < -0.39 is 28.8 Å². The van der Waals surface area contributed by atoms with E-state index in [9.17, 15) is 14.4 Å². The number of Topliss-reactive ketones (excluding diaryl/α,β-unsaturated/α-hetero) is 3. The molecule has 0 saturated carbocycles. The highest BCUT2D eigenvalue weighted by Crippen LogP contribution is 2.61. The minimum atomic E-state index is -1.57. The molecule has 3 aliphatic rings. The summed E-state index contributed by atoms with van der Waals surface area (Å²) in [6, 6.07) is 16.3. The maximum Gasteiger partial charge on any atom is 0.180 e. The van der Waals surface area contributed by atoms with Crippen LogP contribution in [0.15, 0.2) is 66.7 Å². The Bertz CT molecular complexity index is 1580. The lowest BCUT2D eigenvalue weighted by Gasteiger charge is -2.38. The lowest BCUT2D eigenvalue weighted by molar-refractivity contribution is -0.127. The van der Waals surface area contributed by atoms with E-state index >= 15 is 0 Å². The van der Waals surface area contributed by atoms with Gasteiger partial charge in [-0.15, -0.1) is 0 Å². The van der Waals surface area contributed by atoms with Crippen LogP contribution in [0, 0.1) is 10.8 Å². The van der Waals surface area contributed by atoms with Crippen molar-refractivity contribution in [3.05, 3.63) is 94.0 Å². The summed E-state index contributed by atoms with van der Waals surface area (Å²) in [5.74, 6) is -0.435. The van der Waals surface area contributed by atoms with Crippen molar-refractivity contribution in [2.45, 2.75) is 38.8 Å². The number of ketones is 3. The maximum absolute atomic E-state index is 14.7. The van der Waals surface area contributed by atoms with Gasteiger partial charge in [-0.25, -0.2) is 0 Å². The summed E-state index contributed by atoms with van der Waals surface area (Å²) in [6.45, 7) is 5.61. The first kappa shape index (κ1) is 26.3. The number of hydrogen-bond acceptors (Lipinski definition) is 6. The molecule has 1 saturated heterocycles. The number of halogens is 1. The van der Waals surface area contributed by atoms with Crippen LogP contribution in [0.3, 0.4) is 0 Å². The second kappa shape index (κ2) is 9.07. The predicted molar refractivity (Wildman–Crippen MR) is 155 cm³/mol. The maximum atomic E-state index is 14.7. The monoisotopic (exact) mass is 555 g/mol. The molecule has 1 spiro atoms. The van der Waals surface area contributed by atoms with Gasteiger partial charge in [0.25, 0.3) is 0 Å². The molecule has 7 heteroatoms. The van der Waals surface area contributed by atoms with Gasteiger partial charge in [0, 0.05) is 33.2 Å². The quantitative estimate of drug-likeness (QED) is 0.347. The van der Waals surface area contributed by atoms with E-state index in [1.165, 1.54) is 7.11 Å². The highest BCUT2D eigenvalue weighted by Gasteiger charge is 2.72. The zero-order valence-electron chi connectivity index (χ0n) is 23.0. The molecule has 2 heterocycles. The first-order valence-electron chi connectivity index (χ1n) is 13.3. The number of rotatable bonds is 4. The molecule has 0 radical (unpaired) electrons. The van der Waals surface area contributed by atoms with Gasteiger partial charge < -0.3 is 14.4 Å². The van der Waals surface area contributed by atoms with Crippen molar-refractivity contribution >= 4 is 40.7 Å². The number of benzene rings is 3. The zero-order chi connectivity index (χ0) is 28.6. The average molecular weight is 556 g/mol. The largest absolute Gasteiger partial charge is 0.493 e. The van der Waals surface area contributed by atoms with E-state index in [1.807, 2.05) is 56.0 Å². The van der Waals surface area contributed by atoms with Crippen molar-refractivity contribution in [1.82, 2.24) is 0 Å². The Hall–Kier alpha value is -3.90. The Balaban J connectivity index is 1.70. The molecule has 3 aromatic carbocycles. The van der Waals surface area contributed by atoms with Crippen LogP contribution < -0.4 is 14.4 Å². The topological polar surface area (TPSA) is 72.9 Å². The van der Waals surface area contributed by atoms with E-state index in [2.05, 4.69) is 0 Å². The molecule has 0 N–H and O–H groups in total. The molecule has 3 aromatic rings. The molecule has 2 aliphatic heterocycles. The number of ether oxygens (including phenoxy) is 2. The third-order valence-corrected chi connectivity index (χ3v) is 8.78. The van der Waals surface area contributed by atoms with Crippen molar-refractivity contribution in [2.24, 2.45) is 10.8 Å². The van der Waals surface area contributed by atoms with E-state index in [1.54, 1.807) is 49.6 Å². The van der Waals surface area contributed by atoms with Crippen LogP contribution in [-0.4, -0.2) is 43.7 Å². The molecular formula is C33H30ClNO5. The van der Waals surface area contributed by atoms with Crippen LogP contribution in [-0.2, 0) is 4.79 Å². The van der Waals surface area contributed by atoms with Crippen LogP contribution in [0.5, 0.6) is 11.5 Å². The number of carbonyl (C=O) groups excluding carboxylic acids is 3. The van der Waals surface area contributed by atoms with Crippen molar-refractivity contribution < 1.29 is 23.9 Å². The molecule has 3 atom stereocenters. The minimum Gasteiger partial charge on any atom is -0.493 e. The molecule has 0 aromatic heterocycles. The number of hydrogen-bond donors (Lipinski definition) is 0. The van der Waals surface area contributed by atoms with Crippen molar-refractivity contribution in [3.8, 4) is 11.5 Å². The second-order valence-corrected chi connectivity index (χ2v) is 12.1. The molecule has 1 fully saturated rings. The summed E-state index contributed by atoms with van der Waals surface area (Å²) >= 11 is 6.35. The highest BCUT2D eigenvalue weighted by atomic mass is 35.5. The third kappa shape index (κ3) is 3.45. The summed E-state index contributed by atoms with van der Waals surface area (Å²) in [4.78, 5) is 45.8. The van der Waals surface area contributed by atoms with Gasteiger partial charge >= 0.3 is 0 Å². The Morgan fingerprint density at radius 1 is 0.900 bits per heavy atom. The first-order valence-corrected chi connectivity index (χ1v) is 13.6. The van der Waals surface area contributed by atoms with E-state index in [0.29, 0.717) is 33.2 Å². The number of methoxy groups -OCH3 is 2. The number of nitrogens with zero attached hydrogens (tertiary/aromatic N) is 1. The molecule has 0 unspecified atom stereocenters. The molecule has 6 nitrogen and oxygen atoms in total. The van der Waals surface area contributed by atoms with E-state index in [0.717, 1.165) is 11.3 Å². The van der Waals surface area contributed by atoms with Gasteiger partial charge in [-0.1, -0.05) is 74.9 Å². The minimum absolute atomic E-state index is 0.0677. The third-order valence-electron chi connectivity index (χ3n) is 8.54. The van der Waals surface area contributed by atoms with E-state index in [4.69, 9.17) is 21.1 Å². The van der Waals surface area contributed by atoms with Crippen LogP contribution in [0.4, 0.5) is 5.69 Å². The summed E-state index contributed by atoms with van der Waals surface area (Å²) in [5.41, 5.74) is 0.693. The fourth-order valence-corrected chi connectivity index (χ4v) is 6.99. The normalized spacial score (nSPS) is 22.2. The molecule has 1 aliphatic carbocycles. The summed E-state index contributed by atoms with van der Waals surface area (Å²) in [7, 11) is 3.09. The lowest BCUT2D eigenvalue weighted by atomic mass is 9.63. The Morgan fingerprint density at radius 2 is 1.55 bits per heavy atom. The lowest BCUT2D eigenvalue weighted by Crippen LogP contribution is -2.49. The van der Waals surface area contributed by atoms with Crippen LogP contribution in [0.25, 0.3) is 6.08 Å². The fraction of sp³-hybridized carbons (Fsp3) is 0.303. The zero-order valence-corrected chi connectivity index (χ0v) is 23.8. The molecule has 6 rings (SSSR count). The Labute approximate surface area is 238 Å². The van der Waals surface area contributed by atoms with Gasteiger partial charge in [0.2, 0.25) is 0 Å². The first-order chi connectivity index (χ1) is 19.0. The molecule has 204 valence electrons. The summed E-state index contributed by atoms with van der Waals surface area (Å²) in [6.07, 6.45) is 3.80. The molecule has 0 amide bonds. The van der Waals surface area contributed by atoms with Gasteiger partial charge in [-0.2, -0.15) is 0 Å². The number of anilines is 1. The smallest absolute Gasteiger partial charge is 0.180 e. The average Bonchev–Trinajstić information content (AvgIpc) is 3.37. The van der Waals surface area contributed by atoms with Gasteiger partial charge in [0.1, 0.15) is 5.41 Å². The van der Waals surface area contributed by atoms with E-state index in [-0.39, 0.29) is 17.3 Å². The fourth-order valence-electron chi connectivity index (χ4n) is 6.81. The van der Waals surface area contributed by atoms with Gasteiger partial charge in [-0.05, 0) is 41.5 Å². The summed E-state index contributed by atoms with van der Waals surface area (Å²) in [5, 5.41) is 0.561. The van der Waals surface area contributed by atoms with Gasteiger partial charge in [0.15, 0.2) is 28.8 Å². The van der Waals surface area contributed by atoms with Crippen LogP contribution in [0.2, 0.25) is 5.02 Å². The Kier molecular flexibility index (Phi) is 5.97. The highest BCUT2D eigenvalue weighted by molar-refractivity contribution is 6.32. The molecule has 40 heavy (non-hydrogen) atoms. The van der Waals surface area contributed by atoms with Crippen molar-refractivity contribution in [3.63, 3.8) is 0 Å². The van der Waals surface area contributed by atoms with Crippen LogP contribution >= 0.6 is 11.6 Å². The molecular weight excluding hydrogens is 526 g/mol. The summed E-state index contributed by atoms with van der Waals surface area (Å²) < 4.78 is 11.1. The Morgan fingerprint density at radius 3 is 2.15 bits per heavy atom.